The van der Waals surface area contributed by atoms with Gasteiger partial charge in [0.25, 0.3) is 5.91 Å². The number of fused-ring (bicyclic) bond motifs is 1. The van der Waals surface area contributed by atoms with Crippen molar-refractivity contribution in [1.82, 2.24) is 5.32 Å². The van der Waals surface area contributed by atoms with E-state index in [1.807, 2.05) is 0 Å². The summed E-state index contributed by atoms with van der Waals surface area (Å²) < 4.78 is 32.1. The average Bonchev–Trinajstić information content (AvgIpc) is 3.00. The molecule has 3 rings (SSSR count). The van der Waals surface area contributed by atoms with Crippen LogP contribution in [0.2, 0.25) is 0 Å². The molecule has 0 unspecified atom stereocenters. The predicted molar refractivity (Wildman–Crippen MR) is 84.1 cm³/mol. The van der Waals surface area contributed by atoms with Crippen molar-refractivity contribution in [2.24, 2.45) is 0 Å². The maximum Gasteiger partial charge on any atom is 0.305 e. The minimum absolute atomic E-state index is 0.0409. The third kappa shape index (κ3) is 3.76. The number of benzene rings is 2. The number of carboxylic acids is 1. The zero-order valence-corrected chi connectivity index (χ0v) is 13.0. The summed E-state index contributed by atoms with van der Waals surface area (Å²) in [4.78, 5) is 23.5. The van der Waals surface area contributed by atoms with Crippen molar-refractivity contribution in [3.63, 3.8) is 0 Å². The summed E-state index contributed by atoms with van der Waals surface area (Å²) in [7, 11) is 0. The number of nitrogens with one attached hydrogen (secondary N) is 1. The molecule has 7 heteroatoms. The first-order valence-corrected chi connectivity index (χ1v) is 7.65. The zero-order valence-electron chi connectivity index (χ0n) is 13.0. The predicted octanol–water partition coefficient (Wildman–Crippen LogP) is 2.60. The van der Waals surface area contributed by atoms with Crippen LogP contribution in [0.15, 0.2) is 42.5 Å². The maximum absolute atomic E-state index is 13.7. The monoisotopic (exact) mass is 347 g/mol. The molecule has 0 spiro atoms. The van der Waals surface area contributed by atoms with Crippen LogP contribution in [0.4, 0.5) is 8.78 Å². The van der Waals surface area contributed by atoms with E-state index in [4.69, 9.17) is 9.84 Å². The molecule has 2 aromatic rings. The lowest BCUT2D eigenvalue weighted by Crippen LogP contribution is -2.40. The number of hydrogen-bond acceptors (Lipinski definition) is 3. The first kappa shape index (κ1) is 16.9. The molecule has 0 bridgehead atoms. The van der Waals surface area contributed by atoms with Crippen molar-refractivity contribution in [3.05, 3.63) is 65.2 Å². The van der Waals surface area contributed by atoms with E-state index in [1.54, 1.807) is 6.07 Å². The molecule has 0 radical (unpaired) electrons. The summed E-state index contributed by atoms with van der Waals surface area (Å²) in [6.45, 7) is 0. The van der Waals surface area contributed by atoms with Crippen LogP contribution in [0.1, 0.15) is 23.6 Å². The highest BCUT2D eigenvalue weighted by Crippen LogP contribution is 2.31. The Balaban J connectivity index is 1.74. The van der Waals surface area contributed by atoms with E-state index >= 15 is 0 Å². The van der Waals surface area contributed by atoms with E-state index in [0.29, 0.717) is 11.1 Å². The number of ether oxygens (including phenoxy) is 1. The smallest absolute Gasteiger partial charge is 0.305 e. The van der Waals surface area contributed by atoms with Gasteiger partial charge in [0, 0.05) is 12.0 Å². The second-order valence-corrected chi connectivity index (χ2v) is 5.75. The summed E-state index contributed by atoms with van der Waals surface area (Å²) in [5, 5.41) is 11.6. The largest absolute Gasteiger partial charge is 0.481 e. The molecule has 1 aliphatic rings. The molecule has 5 nitrogen and oxygen atoms in total. The Kier molecular flexibility index (Phi) is 4.65. The molecule has 2 atom stereocenters. The van der Waals surface area contributed by atoms with Gasteiger partial charge in [0.1, 0.15) is 5.82 Å². The standard InChI is InChI=1S/C18H15F2NO4/c19-12-6-4-10(5-7-12)14(9-16(22)23)21-18(24)15-8-11-2-1-3-13(20)17(11)25-15/h1-7,14-15H,8-9H2,(H,21,24)(H,22,23)/t14-,15-/m1/s1. The number of carbonyl (C=O) groups excluding carboxylic acids is 1. The quantitative estimate of drug-likeness (QED) is 0.872. The van der Waals surface area contributed by atoms with E-state index in [0.717, 1.165) is 0 Å². The Labute approximate surface area is 142 Å². The molecule has 1 heterocycles. The van der Waals surface area contributed by atoms with Crippen LogP contribution < -0.4 is 10.1 Å². The lowest BCUT2D eigenvalue weighted by atomic mass is 10.0. The summed E-state index contributed by atoms with van der Waals surface area (Å²) in [5.74, 6) is -2.63. The molecule has 0 aromatic heterocycles. The topological polar surface area (TPSA) is 75.6 Å². The Morgan fingerprint density at radius 3 is 2.56 bits per heavy atom. The van der Waals surface area contributed by atoms with Crippen LogP contribution in [0.5, 0.6) is 5.75 Å². The average molecular weight is 347 g/mol. The Bertz CT molecular complexity index is 807. The SMILES string of the molecule is O=C(O)C[C@@H](NC(=O)[C@H]1Cc2cccc(F)c2O1)c1ccc(F)cc1. The number of carbonyl (C=O) groups is 2. The molecular formula is C18H15F2NO4. The second kappa shape index (κ2) is 6.88. The molecule has 1 aliphatic heterocycles. The fourth-order valence-electron chi connectivity index (χ4n) is 2.76. The van der Waals surface area contributed by atoms with E-state index in [2.05, 4.69) is 5.32 Å². The molecule has 2 aromatic carbocycles. The molecule has 2 N–H and O–H groups in total. The van der Waals surface area contributed by atoms with E-state index in [-0.39, 0.29) is 18.6 Å². The van der Waals surface area contributed by atoms with Crippen LogP contribution in [-0.2, 0) is 16.0 Å². The Morgan fingerprint density at radius 1 is 1.20 bits per heavy atom. The Morgan fingerprint density at radius 2 is 1.92 bits per heavy atom. The number of amides is 1. The van der Waals surface area contributed by atoms with Gasteiger partial charge in [0.2, 0.25) is 0 Å². The lowest BCUT2D eigenvalue weighted by Gasteiger charge is -2.20. The van der Waals surface area contributed by atoms with Gasteiger partial charge in [-0.2, -0.15) is 0 Å². The van der Waals surface area contributed by atoms with Crippen molar-refractivity contribution in [2.75, 3.05) is 0 Å². The van der Waals surface area contributed by atoms with Crippen LogP contribution in [0.3, 0.4) is 0 Å². The number of aliphatic carboxylic acids is 1. The van der Waals surface area contributed by atoms with Gasteiger partial charge in [0.05, 0.1) is 12.5 Å². The number of halogens is 2. The lowest BCUT2D eigenvalue weighted by molar-refractivity contribution is -0.138. The number of carboxylic acid groups (broad SMARTS) is 1. The van der Waals surface area contributed by atoms with Gasteiger partial charge in [-0.05, 0) is 23.8 Å². The van der Waals surface area contributed by atoms with Gasteiger partial charge in [-0.25, -0.2) is 8.78 Å². The highest BCUT2D eigenvalue weighted by Gasteiger charge is 2.32. The summed E-state index contributed by atoms with van der Waals surface area (Å²) in [5.41, 5.74) is 1.04. The number of para-hydroxylation sites is 1. The third-order valence-electron chi connectivity index (χ3n) is 3.97. The zero-order chi connectivity index (χ0) is 18.0. The van der Waals surface area contributed by atoms with Crippen LogP contribution in [-0.4, -0.2) is 23.1 Å². The summed E-state index contributed by atoms with van der Waals surface area (Å²) in [6, 6.07) is 8.79. The van der Waals surface area contributed by atoms with Crippen LogP contribution in [0, 0.1) is 11.6 Å². The van der Waals surface area contributed by atoms with Gasteiger partial charge in [-0.1, -0.05) is 24.3 Å². The van der Waals surface area contributed by atoms with Gasteiger partial charge < -0.3 is 15.2 Å². The molecule has 0 saturated carbocycles. The molecule has 0 fully saturated rings. The van der Waals surface area contributed by atoms with Crippen molar-refractivity contribution in [1.29, 1.82) is 0 Å². The minimum atomic E-state index is -1.11. The normalized spacial score (nSPS) is 16.6. The first-order valence-electron chi connectivity index (χ1n) is 7.65. The molecule has 0 aliphatic carbocycles. The third-order valence-corrected chi connectivity index (χ3v) is 3.97. The fourth-order valence-corrected chi connectivity index (χ4v) is 2.76. The number of hydrogen-bond donors (Lipinski definition) is 2. The van der Waals surface area contributed by atoms with E-state index < -0.39 is 35.7 Å². The highest BCUT2D eigenvalue weighted by molar-refractivity contribution is 5.83. The first-order chi connectivity index (χ1) is 11.9. The van der Waals surface area contributed by atoms with Gasteiger partial charge in [-0.3, -0.25) is 9.59 Å². The van der Waals surface area contributed by atoms with E-state index in [9.17, 15) is 18.4 Å². The van der Waals surface area contributed by atoms with Gasteiger partial charge in [0.15, 0.2) is 17.7 Å². The molecule has 25 heavy (non-hydrogen) atoms. The van der Waals surface area contributed by atoms with Crippen LogP contribution >= 0.6 is 0 Å². The summed E-state index contributed by atoms with van der Waals surface area (Å²) >= 11 is 0. The Hall–Kier alpha value is -2.96. The van der Waals surface area contributed by atoms with Crippen molar-refractivity contribution in [3.8, 4) is 5.75 Å². The van der Waals surface area contributed by atoms with Crippen molar-refractivity contribution >= 4 is 11.9 Å². The minimum Gasteiger partial charge on any atom is -0.481 e. The summed E-state index contributed by atoms with van der Waals surface area (Å²) in [6.07, 6.45) is -1.11. The van der Waals surface area contributed by atoms with Crippen molar-refractivity contribution in [2.45, 2.75) is 25.0 Å². The second-order valence-electron chi connectivity index (χ2n) is 5.75. The van der Waals surface area contributed by atoms with E-state index in [1.165, 1.54) is 36.4 Å². The molecule has 130 valence electrons. The highest BCUT2D eigenvalue weighted by atomic mass is 19.1. The van der Waals surface area contributed by atoms with Gasteiger partial charge >= 0.3 is 5.97 Å². The molecule has 1 amide bonds. The van der Waals surface area contributed by atoms with Gasteiger partial charge in [-0.15, -0.1) is 0 Å². The molecular weight excluding hydrogens is 332 g/mol. The number of rotatable bonds is 5. The van der Waals surface area contributed by atoms with Crippen molar-refractivity contribution < 1.29 is 28.2 Å². The molecule has 0 saturated heterocycles. The fraction of sp³-hybridized carbons (Fsp3) is 0.222. The maximum atomic E-state index is 13.7. The van der Waals surface area contributed by atoms with Crippen LogP contribution in [0.25, 0.3) is 0 Å².